The molecule has 1 heterocycles. The fourth-order valence-corrected chi connectivity index (χ4v) is 4.14. The van der Waals surface area contributed by atoms with Gasteiger partial charge in [0.25, 0.3) is 0 Å². The number of nitrogens with zero attached hydrogens (tertiary/aromatic N) is 1. The lowest BCUT2D eigenvalue weighted by Gasteiger charge is -2.31. The van der Waals surface area contributed by atoms with Crippen LogP contribution in [0.15, 0.2) is 59.5 Å². The Kier molecular flexibility index (Phi) is 3.33. The third-order valence-corrected chi connectivity index (χ3v) is 5.36. The van der Waals surface area contributed by atoms with Crippen molar-refractivity contribution in [2.45, 2.75) is 17.5 Å². The maximum absolute atomic E-state index is 12.6. The van der Waals surface area contributed by atoms with E-state index in [1.807, 2.05) is 30.3 Å². The third kappa shape index (κ3) is 2.24. The van der Waals surface area contributed by atoms with Crippen molar-refractivity contribution in [1.82, 2.24) is 4.31 Å². The van der Waals surface area contributed by atoms with Crippen molar-refractivity contribution in [3.63, 3.8) is 0 Å². The van der Waals surface area contributed by atoms with Crippen LogP contribution in [0, 0.1) is 0 Å². The van der Waals surface area contributed by atoms with E-state index in [4.69, 9.17) is 0 Å². The molecule has 1 N–H and O–H groups in total. The zero-order valence-corrected chi connectivity index (χ0v) is 11.6. The molecule has 0 spiro atoms. The zero-order chi connectivity index (χ0) is 14.2. The fourth-order valence-electron chi connectivity index (χ4n) is 2.46. The van der Waals surface area contributed by atoms with Gasteiger partial charge in [-0.15, -0.1) is 0 Å². The number of β-amino-alcohol motifs (C(OH)–C–C–N with tert-alkyl or cyclic N) is 1. The Bertz CT molecular complexity index is 713. The van der Waals surface area contributed by atoms with Crippen LogP contribution in [0.25, 0.3) is 0 Å². The van der Waals surface area contributed by atoms with Crippen LogP contribution < -0.4 is 0 Å². The number of hydrogen-bond acceptors (Lipinski definition) is 3. The van der Waals surface area contributed by atoms with Crippen LogP contribution >= 0.6 is 0 Å². The molecule has 1 aliphatic rings. The second-order valence-corrected chi connectivity index (χ2v) is 6.74. The topological polar surface area (TPSA) is 57.6 Å². The third-order valence-electron chi connectivity index (χ3n) is 3.47. The summed E-state index contributed by atoms with van der Waals surface area (Å²) in [6.45, 7) is 0.364. The van der Waals surface area contributed by atoms with Gasteiger partial charge in [-0.1, -0.05) is 48.5 Å². The quantitative estimate of drug-likeness (QED) is 0.919. The first-order valence-corrected chi connectivity index (χ1v) is 7.84. The summed E-state index contributed by atoms with van der Waals surface area (Å²) in [7, 11) is -3.54. The van der Waals surface area contributed by atoms with Crippen molar-refractivity contribution in [1.29, 1.82) is 0 Å². The summed E-state index contributed by atoms with van der Waals surface area (Å²) in [6.07, 6.45) is -0.779. The molecule has 0 aromatic heterocycles. The Labute approximate surface area is 118 Å². The second kappa shape index (κ2) is 5.01. The highest BCUT2D eigenvalue weighted by molar-refractivity contribution is 7.89. The largest absolute Gasteiger partial charge is 0.387 e. The summed E-state index contributed by atoms with van der Waals surface area (Å²) in [4.78, 5) is 0.203. The van der Waals surface area contributed by atoms with Crippen molar-refractivity contribution < 1.29 is 13.5 Å². The van der Waals surface area contributed by atoms with Crippen molar-refractivity contribution in [3.8, 4) is 0 Å². The van der Waals surface area contributed by atoms with Gasteiger partial charge >= 0.3 is 0 Å². The van der Waals surface area contributed by atoms with Crippen LogP contribution in [0.4, 0.5) is 0 Å². The molecule has 1 aliphatic heterocycles. The van der Waals surface area contributed by atoms with Gasteiger partial charge in [-0.05, 0) is 11.6 Å². The monoisotopic (exact) mass is 289 g/mol. The number of benzene rings is 2. The minimum absolute atomic E-state index is 0.0915. The minimum atomic E-state index is -3.54. The Morgan fingerprint density at radius 1 is 1.05 bits per heavy atom. The lowest BCUT2D eigenvalue weighted by molar-refractivity contribution is 0.136. The molecule has 2 aromatic carbocycles. The summed E-state index contributed by atoms with van der Waals surface area (Å²) in [5.41, 5.74) is 1.39. The van der Waals surface area contributed by atoms with Gasteiger partial charge in [-0.25, -0.2) is 8.42 Å². The van der Waals surface area contributed by atoms with E-state index in [0.717, 1.165) is 5.56 Å². The van der Waals surface area contributed by atoms with E-state index in [2.05, 4.69) is 0 Å². The van der Waals surface area contributed by atoms with Crippen molar-refractivity contribution in [2.75, 3.05) is 6.54 Å². The van der Waals surface area contributed by atoms with Crippen LogP contribution in [0.2, 0.25) is 0 Å². The molecule has 0 fully saturated rings. The first-order chi connectivity index (χ1) is 9.59. The van der Waals surface area contributed by atoms with Crippen LogP contribution in [-0.2, 0) is 16.6 Å². The average molecular weight is 289 g/mol. The van der Waals surface area contributed by atoms with Gasteiger partial charge in [0.2, 0.25) is 10.0 Å². The predicted octanol–water partition coefficient (Wildman–Crippen LogP) is 1.92. The lowest BCUT2D eigenvalue weighted by atomic mass is 10.1. The van der Waals surface area contributed by atoms with Crippen LogP contribution in [0.3, 0.4) is 0 Å². The van der Waals surface area contributed by atoms with E-state index in [1.165, 1.54) is 4.31 Å². The predicted molar refractivity (Wildman–Crippen MR) is 75.4 cm³/mol. The van der Waals surface area contributed by atoms with E-state index in [1.54, 1.807) is 24.3 Å². The Balaban J connectivity index is 1.99. The Morgan fingerprint density at radius 2 is 1.70 bits per heavy atom. The number of rotatable bonds is 2. The second-order valence-electron chi connectivity index (χ2n) is 4.84. The molecule has 5 heteroatoms. The Hall–Kier alpha value is -1.69. The van der Waals surface area contributed by atoms with Crippen LogP contribution in [0.5, 0.6) is 0 Å². The number of aliphatic hydroxyl groups excluding tert-OH is 1. The molecule has 0 saturated heterocycles. The molecule has 2 aromatic rings. The normalized spacial score (nSPS) is 21.4. The highest BCUT2D eigenvalue weighted by Gasteiger charge is 2.35. The number of hydrogen-bond donors (Lipinski definition) is 1. The van der Waals surface area contributed by atoms with Crippen LogP contribution in [0.1, 0.15) is 17.2 Å². The van der Waals surface area contributed by atoms with Gasteiger partial charge in [-0.3, -0.25) is 0 Å². The molecule has 0 saturated carbocycles. The van der Waals surface area contributed by atoms with Gasteiger partial charge in [-0.2, -0.15) is 4.31 Å². The van der Waals surface area contributed by atoms with Gasteiger partial charge in [0, 0.05) is 18.7 Å². The van der Waals surface area contributed by atoms with E-state index in [9.17, 15) is 13.5 Å². The van der Waals surface area contributed by atoms with E-state index in [0.29, 0.717) is 5.56 Å². The molecule has 0 radical (unpaired) electrons. The van der Waals surface area contributed by atoms with Gasteiger partial charge in [0.05, 0.1) is 11.0 Å². The SMILES string of the molecule is O=S1(=O)c2ccccc2[C@H](O)CN1Cc1ccccc1. The molecule has 104 valence electrons. The standard InChI is InChI=1S/C15H15NO3S/c17-14-11-16(10-12-6-2-1-3-7-12)20(18,19)15-9-5-4-8-13(14)15/h1-9,14,17H,10-11H2/t14-/m1/s1. The zero-order valence-electron chi connectivity index (χ0n) is 10.8. The summed E-state index contributed by atoms with van der Waals surface area (Å²) >= 11 is 0. The molecule has 3 rings (SSSR count). The average Bonchev–Trinajstić information content (AvgIpc) is 2.46. The Morgan fingerprint density at radius 3 is 2.45 bits per heavy atom. The molecule has 4 nitrogen and oxygen atoms in total. The maximum atomic E-state index is 12.6. The van der Waals surface area contributed by atoms with E-state index >= 15 is 0 Å². The number of fused-ring (bicyclic) bond motifs is 1. The molecule has 0 bridgehead atoms. The highest BCUT2D eigenvalue weighted by atomic mass is 32.2. The van der Waals surface area contributed by atoms with Gasteiger partial charge < -0.3 is 5.11 Å². The van der Waals surface area contributed by atoms with Crippen molar-refractivity contribution in [3.05, 3.63) is 65.7 Å². The van der Waals surface area contributed by atoms with Crippen molar-refractivity contribution in [2.24, 2.45) is 0 Å². The summed E-state index contributed by atoms with van der Waals surface area (Å²) in [5, 5.41) is 10.1. The maximum Gasteiger partial charge on any atom is 0.243 e. The summed E-state index contributed by atoms with van der Waals surface area (Å²) in [5.74, 6) is 0. The van der Waals surface area contributed by atoms with E-state index < -0.39 is 16.1 Å². The lowest BCUT2D eigenvalue weighted by Crippen LogP contribution is -2.39. The molecular weight excluding hydrogens is 274 g/mol. The summed E-state index contributed by atoms with van der Waals surface area (Å²) < 4.78 is 26.5. The molecular formula is C15H15NO3S. The molecule has 0 amide bonds. The van der Waals surface area contributed by atoms with Gasteiger partial charge in [0.1, 0.15) is 0 Å². The number of aliphatic hydroxyl groups is 1. The fraction of sp³-hybridized carbons (Fsp3) is 0.200. The van der Waals surface area contributed by atoms with Crippen molar-refractivity contribution >= 4 is 10.0 Å². The molecule has 0 aliphatic carbocycles. The smallest absolute Gasteiger partial charge is 0.243 e. The highest BCUT2D eigenvalue weighted by Crippen LogP contribution is 2.32. The first kappa shape index (κ1) is 13.3. The molecule has 20 heavy (non-hydrogen) atoms. The molecule has 1 atom stereocenters. The minimum Gasteiger partial charge on any atom is -0.387 e. The molecule has 0 unspecified atom stereocenters. The van der Waals surface area contributed by atoms with Crippen LogP contribution in [-0.4, -0.2) is 24.4 Å². The first-order valence-electron chi connectivity index (χ1n) is 6.40. The summed E-state index contributed by atoms with van der Waals surface area (Å²) in [6, 6.07) is 16.0. The van der Waals surface area contributed by atoms with Gasteiger partial charge in [0.15, 0.2) is 0 Å². The van der Waals surface area contributed by atoms with E-state index in [-0.39, 0.29) is 18.0 Å². The number of sulfonamides is 1.